The zero-order valence-electron chi connectivity index (χ0n) is 9.02. The van der Waals surface area contributed by atoms with Crippen molar-refractivity contribution in [1.29, 1.82) is 0 Å². The normalized spacial score (nSPS) is 19.8. The Bertz CT molecular complexity index is 383. The maximum atomic E-state index is 11.6. The van der Waals surface area contributed by atoms with Crippen LogP contribution in [0, 0.1) is 5.92 Å². The van der Waals surface area contributed by atoms with E-state index in [1.807, 2.05) is 30.3 Å². The molecule has 1 aliphatic rings. The maximum Gasteiger partial charge on any atom is 0.309 e. The quantitative estimate of drug-likeness (QED) is 0.730. The molecule has 1 saturated carbocycles. The van der Waals surface area contributed by atoms with Crippen LogP contribution in [0.15, 0.2) is 30.3 Å². The highest BCUT2D eigenvalue weighted by atomic mass is 16.5. The lowest BCUT2D eigenvalue weighted by Gasteiger charge is -2.08. The number of ketones is 1. The third-order valence-corrected chi connectivity index (χ3v) is 2.80. The van der Waals surface area contributed by atoms with Gasteiger partial charge in [-0.1, -0.05) is 30.3 Å². The minimum atomic E-state index is -0.241. The van der Waals surface area contributed by atoms with Crippen LogP contribution in [0.3, 0.4) is 0 Å². The Hall–Kier alpha value is -1.64. The molecular formula is C13H14O3. The van der Waals surface area contributed by atoms with Crippen molar-refractivity contribution in [3.8, 4) is 0 Å². The highest BCUT2D eigenvalue weighted by molar-refractivity contribution is 5.87. The third-order valence-electron chi connectivity index (χ3n) is 2.80. The van der Waals surface area contributed by atoms with Gasteiger partial charge in [-0.3, -0.25) is 9.59 Å². The van der Waals surface area contributed by atoms with Crippen molar-refractivity contribution in [2.45, 2.75) is 25.9 Å². The van der Waals surface area contributed by atoms with Crippen LogP contribution in [0.4, 0.5) is 0 Å². The second-order valence-corrected chi connectivity index (χ2v) is 4.07. The van der Waals surface area contributed by atoms with E-state index in [1.165, 1.54) is 0 Å². The van der Waals surface area contributed by atoms with Crippen LogP contribution in [0.1, 0.15) is 24.8 Å². The zero-order chi connectivity index (χ0) is 11.4. The van der Waals surface area contributed by atoms with E-state index >= 15 is 0 Å². The molecule has 84 valence electrons. The summed E-state index contributed by atoms with van der Waals surface area (Å²) in [6, 6.07) is 9.55. The fourth-order valence-corrected chi connectivity index (χ4v) is 1.86. The zero-order valence-corrected chi connectivity index (χ0v) is 9.02. The first kappa shape index (κ1) is 10.9. The molecule has 1 aliphatic carbocycles. The highest BCUT2D eigenvalue weighted by Crippen LogP contribution is 2.23. The van der Waals surface area contributed by atoms with Gasteiger partial charge in [0.1, 0.15) is 12.4 Å². The van der Waals surface area contributed by atoms with Gasteiger partial charge in [0.25, 0.3) is 0 Å². The Labute approximate surface area is 94.4 Å². The van der Waals surface area contributed by atoms with Gasteiger partial charge in [-0.05, 0) is 12.0 Å². The van der Waals surface area contributed by atoms with Gasteiger partial charge in [-0.15, -0.1) is 0 Å². The van der Waals surface area contributed by atoms with E-state index in [2.05, 4.69) is 0 Å². The van der Waals surface area contributed by atoms with Crippen LogP contribution in [0.5, 0.6) is 0 Å². The average Bonchev–Trinajstić information content (AvgIpc) is 2.74. The van der Waals surface area contributed by atoms with Crippen molar-refractivity contribution >= 4 is 11.8 Å². The van der Waals surface area contributed by atoms with E-state index in [0.29, 0.717) is 25.9 Å². The van der Waals surface area contributed by atoms with Gasteiger partial charge in [0.05, 0.1) is 5.92 Å². The lowest BCUT2D eigenvalue weighted by atomic mass is 10.1. The summed E-state index contributed by atoms with van der Waals surface area (Å²) in [7, 11) is 0. The highest BCUT2D eigenvalue weighted by Gasteiger charge is 2.29. The van der Waals surface area contributed by atoms with E-state index in [-0.39, 0.29) is 17.7 Å². The van der Waals surface area contributed by atoms with Gasteiger partial charge in [-0.2, -0.15) is 0 Å². The molecule has 3 nitrogen and oxygen atoms in total. The monoisotopic (exact) mass is 218 g/mol. The Morgan fingerprint density at radius 3 is 2.69 bits per heavy atom. The molecule has 3 heteroatoms. The predicted molar refractivity (Wildman–Crippen MR) is 58.6 cm³/mol. The number of Topliss-reactive ketones (excluding diaryl/α,β-unsaturated/α-hetero) is 1. The summed E-state index contributed by atoms with van der Waals surface area (Å²) in [6.45, 7) is 0.296. The van der Waals surface area contributed by atoms with Crippen LogP contribution in [0.2, 0.25) is 0 Å². The molecule has 0 bridgehead atoms. The maximum absolute atomic E-state index is 11.6. The van der Waals surface area contributed by atoms with Gasteiger partial charge >= 0.3 is 5.97 Å². The second kappa shape index (κ2) is 4.92. The molecule has 16 heavy (non-hydrogen) atoms. The van der Waals surface area contributed by atoms with Crippen molar-refractivity contribution in [3.05, 3.63) is 35.9 Å². The molecule has 2 rings (SSSR count). The summed E-state index contributed by atoms with van der Waals surface area (Å²) < 4.78 is 5.17. The number of carbonyl (C=O) groups excluding carboxylic acids is 2. The van der Waals surface area contributed by atoms with Crippen LogP contribution in [0.25, 0.3) is 0 Å². The van der Waals surface area contributed by atoms with E-state index in [9.17, 15) is 9.59 Å². The molecule has 1 atom stereocenters. The van der Waals surface area contributed by atoms with E-state index in [0.717, 1.165) is 5.56 Å². The Balaban J connectivity index is 1.82. The fraction of sp³-hybridized carbons (Fsp3) is 0.385. The van der Waals surface area contributed by atoms with Crippen molar-refractivity contribution in [3.63, 3.8) is 0 Å². The summed E-state index contributed by atoms with van der Waals surface area (Å²) in [4.78, 5) is 22.6. The summed E-state index contributed by atoms with van der Waals surface area (Å²) in [5.41, 5.74) is 0.972. The molecule has 1 aromatic rings. The summed E-state index contributed by atoms with van der Waals surface area (Å²) in [6.07, 6.45) is 1.52. The molecule has 0 radical (unpaired) electrons. The lowest BCUT2D eigenvalue weighted by molar-refractivity contribution is -0.150. The first-order valence-corrected chi connectivity index (χ1v) is 5.48. The summed E-state index contributed by atoms with van der Waals surface area (Å²) in [5, 5.41) is 0. The molecule has 0 aromatic heterocycles. The largest absolute Gasteiger partial charge is 0.461 e. The van der Waals surface area contributed by atoms with Gasteiger partial charge in [0.15, 0.2) is 0 Å². The molecule has 1 fully saturated rings. The van der Waals surface area contributed by atoms with E-state index in [4.69, 9.17) is 4.74 Å². The Morgan fingerprint density at radius 1 is 1.31 bits per heavy atom. The first-order chi connectivity index (χ1) is 7.75. The molecule has 0 unspecified atom stereocenters. The van der Waals surface area contributed by atoms with Crippen LogP contribution in [-0.4, -0.2) is 11.8 Å². The fourth-order valence-electron chi connectivity index (χ4n) is 1.86. The number of ether oxygens (including phenoxy) is 1. The number of hydrogen-bond donors (Lipinski definition) is 0. The predicted octanol–water partition coefficient (Wildman–Crippen LogP) is 2.10. The molecule has 0 heterocycles. The Kier molecular flexibility index (Phi) is 3.34. The third kappa shape index (κ3) is 2.69. The van der Waals surface area contributed by atoms with Crippen LogP contribution in [-0.2, 0) is 20.9 Å². The second-order valence-electron chi connectivity index (χ2n) is 4.07. The van der Waals surface area contributed by atoms with Gasteiger partial charge in [0, 0.05) is 12.8 Å². The standard InChI is InChI=1S/C13H14O3/c14-12-7-6-11(8-12)13(15)16-9-10-4-2-1-3-5-10/h1-5,11H,6-9H2/t11-/m1/s1. The number of rotatable bonds is 3. The number of hydrogen-bond acceptors (Lipinski definition) is 3. The molecule has 0 spiro atoms. The van der Waals surface area contributed by atoms with Gasteiger partial charge in [-0.25, -0.2) is 0 Å². The van der Waals surface area contributed by atoms with Gasteiger partial charge < -0.3 is 4.74 Å². The average molecular weight is 218 g/mol. The van der Waals surface area contributed by atoms with Crippen molar-refractivity contribution in [2.75, 3.05) is 0 Å². The molecule has 0 aliphatic heterocycles. The lowest BCUT2D eigenvalue weighted by Crippen LogP contribution is -2.15. The molecule has 1 aromatic carbocycles. The summed E-state index contributed by atoms with van der Waals surface area (Å²) >= 11 is 0. The van der Waals surface area contributed by atoms with Crippen LogP contribution < -0.4 is 0 Å². The topological polar surface area (TPSA) is 43.4 Å². The van der Waals surface area contributed by atoms with Crippen molar-refractivity contribution in [1.82, 2.24) is 0 Å². The number of carbonyl (C=O) groups is 2. The van der Waals surface area contributed by atoms with Crippen molar-refractivity contribution < 1.29 is 14.3 Å². The SMILES string of the molecule is O=C1CC[C@@H](C(=O)OCc2ccccc2)C1. The van der Waals surface area contributed by atoms with Crippen molar-refractivity contribution in [2.24, 2.45) is 5.92 Å². The molecule has 0 N–H and O–H groups in total. The minimum Gasteiger partial charge on any atom is -0.461 e. The molecular weight excluding hydrogens is 204 g/mol. The molecule has 0 amide bonds. The first-order valence-electron chi connectivity index (χ1n) is 5.48. The smallest absolute Gasteiger partial charge is 0.309 e. The number of benzene rings is 1. The minimum absolute atomic E-state index is 0.168. The van der Waals surface area contributed by atoms with E-state index in [1.54, 1.807) is 0 Å². The Morgan fingerprint density at radius 2 is 2.06 bits per heavy atom. The van der Waals surface area contributed by atoms with E-state index < -0.39 is 0 Å². The molecule has 0 saturated heterocycles. The van der Waals surface area contributed by atoms with Gasteiger partial charge in [0.2, 0.25) is 0 Å². The van der Waals surface area contributed by atoms with Crippen LogP contribution >= 0.6 is 0 Å². The number of esters is 1. The summed E-state index contributed by atoms with van der Waals surface area (Å²) in [5.74, 6) is -0.285.